The molecule has 1 saturated heterocycles. The zero-order valence-electron chi connectivity index (χ0n) is 13.7. The van der Waals surface area contributed by atoms with Crippen LogP contribution in [0.15, 0.2) is 30.6 Å². The monoisotopic (exact) mass is 351 g/mol. The summed E-state index contributed by atoms with van der Waals surface area (Å²) in [6.07, 6.45) is 4.14. The fourth-order valence-electron chi connectivity index (χ4n) is 2.61. The Morgan fingerprint density at radius 2 is 2.21 bits per heavy atom. The highest BCUT2D eigenvalue weighted by Gasteiger charge is 2.32. The smallest absolute Gasteiger partial charge is 0.281 e. The van der Waals surface area contributed by atoms with Gasteiger partial charge in [-0.1, -0.05) is 0 Å². The first kappa shape index (κ1) is 16.9. The van der Waals surface area contributed by atoms with Gasteiger partial charge in [-0.2, -0.15) is 22.1 Å². The summed E-state index contributed by atoms with van der Waals surface area (Å²) in [6.45, 7) is 1.50. The average Bonchev–Trinajstić information content (AvgIpc) is 3.25. The van der Waals surface area contributed by atoms with Crippen molar-refractivity contribution in [2.24, 2.45) is 5.92 Å². The van der Waals surface area contributed by atoms with Gasteiger partial charge in [-0.05, 0) is 24.6 Å². The predicted octanol–water partition coefficient (Wildman–Crippen LogP) is 0.979. The first-order chi connectivity index (χ1) is 11.5. The quantitative estimate of drug-likeness (QED) is 0.838. The van der Waals surface area contributed by atoms with Crippen molar-refractivity contribution in [1.29, 1.82) is 0 Å². The Bertz CT molecular complexity index is 759. The minimum Gasteiger partial charge on any atom is -0.492 e. The Balaban J connectivity index is 1.54. The maximum Gasteiger partial charge on any atom is 0.281 e. The van der Waals surface area contributed by atoms with Crippen molar-refractivity contribution in [2.45, 2.75) is 6.42 Å². The van der Waals surface area contributed by atoms with E-state index in [9.17, 15) is 8.42 Å². The summed E-state index contributed by atoms with van der Waals surface area (Å²) in [7, 11) is -0.238. The third-order valence-corrected chi connectivity index (χ3v) is 5.94. The molecule has 0 spiro atoms. The molecular weight excluding hydrogens is 330 g/mol. The van der Waals surface area contributed by atoms with Crippen molar-refractivity contribution < 1.29 is 13.2 Å². The largest absolute Gasteiger partial charge is 0.492 e. The Kier molecular flexibility index (Phi) is 4.83. The Morgan fingerprint density at radius 3 is 2.83 bits per heavy atom. The number of ether oxygens (including phenoxy) is 1. The molecule has 0 unspecified atom stereocenters. The number of pyridine rings is 1. The number of aromatic amines is 1. The summed E-state index contributed by atoms with van der Waals surface area (Å²) < 4.78 is 32.7. The van der Waals surface area contributed by atoms with Crippen LogP contribution in [0.2, 0.25) is 0 Å². The van der Waals surface area contributed by atoms with E-state index in [4.69, 9.17) is 4.74 Å². The molecule has 2 aromatic heterocycles. The number of hydrogen-bond donors (Lipinski definition) is 1. The molecular formula is C15H21N5O3S. The van der Waals surface area contributed by atoms with Crippen molar-refractivity contribution in [3.8, 4) is 17.1 Å². The average molecular weight is 351 g/mol. The molecule has 2 aromatic rings. The van der Waals surface area contributed by atoms with Crippen LogP contribution in [-0.2, 0) is 10.2 Å². The molecule has 0 aromatic carbocycles. The van der Waals surface area contributed by atoms with Gasteiger partial charge in [-0.15, -0.1) is 0 Å². The highest BCUT2D eigenvalue weighted by atomic mass is 32.2. The predicted molar refractivity (Wildman–Crippen MR) is 89.6 cm³/mol. The van der Waals surface area contributed by atoms with Crippen molar-refractivity contribution in [1.82, 2.24) is 23.8 Å². The molecule has 1 N–H and O–H groups in total. The van der Waals surface area contributed by atoms with Crippen LogP contribution in [-0.4, -0.2) is 66.0 Å². The molecule has 0 saturated carbocycles. The zero-order chi connectivity index (χ0) is 17.2. The highest BCUT2D eigenvalue weighted by molar-refractivity contribution is 7.86. The second-order valence-corrected chi connectivity index (χ2v) is 8.11. The number of nitrogens with zero attached hydrogens (tertiary/aromatic N) is 4. The van der Waals surface area contributed by atoms with E-state index < -0.39 is 10.2 Å². The molecule has 8 nitrogen and oxygen atoms in total. The van der Waals surface area contributed by atoms with Crippen LogP contribution in [0.5, 0.6) is 5.75 Å². The normalized spacial score (nSPS) is 19.0. The lowest BCUT2D eigenvalue weighted by atomic mass is 10.1. The van der Waals surface area contributed by atoms with Gasteiger partial charge in [0, 0.05) is 39.3 Å². The molecule has 1 aliphatic rings. The van der Waals surface area contributed by atoms with Gasteiger partial charge in [0.15, 0.2) is 0 Å². The number of H-pyrrole nitrogens is 1. The van der Waals surface area contributed by atoms with E-state index in [1.807, 2.05) is 18.2 Å². The molecule has 3 heterocycles. The van der Waals surface area contributed by atoms with E-state index in [0.717, 1.165) is 17.8 Å². The maximum atomic E-state index is 12.1. The molecule has 0 amide bonds. The van der Waals surface area contributed by atoms with E-state index in [0.29, 0.717) is 25.4 Å². The fraction of sp³-hybridized carbons (Fsp3) is 0.467. The molecule has 9 heteroatoms. The van der Waals surface area contributed by atoms with Crippen LogP contribution in [0, 0.1) is 5.92 Å². The number of hydrogen-bond acceptors (Lipinski definition) is 5. The van der Waals surface area contributed by atoms with Crippen molar-refractivity contribution >= 4 is 10.2 Å². The minimum atomic E-state index is -3.33. The van der Waals surface area contributed by atoms with Gasteiger partial charge in [-0.3, -0.25) is 10.1 Å². The summed E-state index contributed by atoms with van der Waals surface area (Å²) >= 11 is 0. The Labute approximate surface area is 141 Å². The van der Waals surface area contributed by atoms with Crippen LogP contribution in [0.3, 0.4) is 0 Å². The minimum absolute atomic E-state index is 0.187. The van der Waals surface area contributed by atoms with Gasteiger partial charge in [0.2, 0.25) is 0 Å². The SMILES string of the molecule is CN(C)S(=O)(=O)N1CC[C@@H](COc2ccc(-c3ccn[nH]3)nc2)C1. The highest BCUT2D eigenvalue weighted by Crippen LogP contribution is 2.22. The molecule has 1 fully saturated rings. The third-order valence-electron chi connectivity index (χ3n) is 4.04. The summed E-state index contributed by atoms with van der Waals surface area (Å²) in [4.78, 5) is 4.33. The van der Waals surface area contributed by atoms with E-state index in [1.54, 1.807) is 26.5 Å². The number of nitrogens with one attached hydrogen (secondary N) is 1. The van der Waals surface area contributed by atoms with Gasteiger partial charge in [0.25, 0.3) is 10.2 Å². The van der Waals surface area contributed by atoms with Crippen LogP contribution < -0.4 is 4.74 Å². The number of rotatable bonds is 6. The summed E-state index contributed by atoms with van der Waals surface area (Å²) in [5, 5.41) is 6.75. The maximum absolute atomic E-state index is 12.1. The lowest BCUT2D eigenvalue weighted by Gasteiger charge is -2.20. The lowest BCUT2D eigenvalue weighted by Crippen LogP contribution is -2.38. The second kappa shape index (κ2) is 6.88. The van der Waals surface area contributed by atoms with Gasteiger partial charge in [0.1, 0.15) is 5.75 Å². The van der Waals surface area contributed by atoms with E-state index in [1.165, 1.54) is 8.61 Å². The topological polar surface area (TPSA) is 91.4 Å². The molecule has 0 bridgehead atoms. The van der Waals surface area contributed by atoms with Gasteiger partial charge >= 0.3 is 0 Å². The summed E-state index contributed by atoms with van der Waals surface area (Å²) in [5.41, 5.74) is 1.64. The van der Waals surface area contributed by atoms with Gasteiger partial charge in [-0.25, -0.2) is 0 Å². The van der Waals surface area contributed by atoms with E-state index in [-0.39, 0.29) is 5.92 Å². The van der Waals surface area contributed by atoms with Crippen LogP contribution in [0.4, 0.5) is 0 Å². The standard InChI is InChI=1S/C15H21N5O3S/c1-19(2)24(21,22)20-8-6-12(10-20)11-23-13-3-4-14(16-9-13)15-5-7-17-18-15/h3-5,7,9,12H,6,8,10-11H2,1-2H3,(H,17,18)/t12-/m1/s1. The fourth-order valence-corrected chi connectivity index (χ4v) is 3.81. The first-order valence-corrected chi connectivity index (χ1v) is 9.12. The lowest BCUT2D eigenvalue weighted by molar-refractivity contribution is 0.253. The molecule has 3 rings (SSSR count). The molecule has 1 aliphatic heterocycles. The molecule has 0 aliphatic carbocycles. The molecule has 0 radical (unpaired) electrons. The summed E-state index contributed by atoms with van der Waals surface area (Å²) in [6, 6.07) is 5.56. The second-order valence-electron chi connectivity index (χ2n) is 5.96. The van der Waals surface area contributed by atoms with Crippen LogP contribution >= 0.6 is 0 Å². The van der Waals surface area contributed by atoms with E-state index in [2.05, 4.69) is 15.2 Å². The van der Waals surface area contributed by atoms with Gasteiger partial charge in [0.05, 0.1) is 24.2 Å². The van der Waals surface area contributed by atoms with Crippen LogP contribution in [0.1, 0.15) is 6.42 Å². The number of aromatic nitrogens is 3. The molecule has 24 heavy (non-hydrogen) atoms. The third kappa shape index (κ3) is 3.58. The van der Waals surface area contributed by atoms with E-state index >= 15 is 0 Å². The van der Waals surface area contributed by atoms with Gasteiger partial charge < -0.3 is 4.74 Å². The van der Waals surface area contributed by atoms with Crippen molar-refractivity contribution in [3.63, 3.8) is 0 Å². The Hall–Kier alpha value is -1.97. The van der Waals surface area contributed by atoms with Crippen LogP contribution in [0.25, 0.3) is 11.4 Å². The zero-order valence-corrected chi connectivity index (χ0v) is 14.5. The van der Waals surface area contributed by atoms with Crippen molar-refractivity contribution in [2.75, 3.05) is 33.8 Å². The Morgan fingerprint density at radius 1 is 1.38 bits per heavy atom. The first-order valence-electron chi connectivity index (χ1n) is 7.73. The molecule has 1 atom stereocenters. The van der Waals surface area contributed by atoms with Crippen molar-refractivity contribution in [3.05, 3.63) is 30.6 Å². The summed E-state index contributed by atoms with van der Waals surface area (Å²) in [5.74, 6) is 0.860. The molecule has 130 valence electrons.